The molecular formula is C18H25FN2O3. The summed E-state index contributed by atoms with van der Waals surface area (Å²) in [6.45, 7) is 6.78. The number of hydrogen-bond donors (Lipinski definition) is 1. The number of nitrogens with zero attached hydrogens (tertiary/aromatic N) is 1. The average Bonchev–Trinajstić information content (AvgIpc) is 3.12. The summed E-state index contributed by atoms with van der Waals surface area (Å²) in [5.74, 6) is -0.0408. The van der Waals surface area contributed by atoms with E-state index < -0.39 is 0 Å². The van der Waals surface area contributed by atoms with Crippen LogP contribution >= 0.6 is 0 Å². The molecule has 132 valence electrons. The minimum atomic E-state index is -0.346. The summed E-state index contributed by atoms with van der Waals surface area (Å²) in [7, 11) is 0. The molecule has 5 nitrogen and oxygen atoms in total. The number of ether oxygens (including phenoxy) is 2. The van der Waals surface area contributed by atoms with Gasteiger partial charge in [0.15, 0.2) is 6.29 Å². The Morgan fingerprint density at radius 2 is 1.96 bits per heavy atom. The Kier molecular flexibility index (Phi) is 5.48. The highest BCUT2D eigenvalue weighted by atomic mass is 19.1. The molecule has 1 amide bonds. The van der Waals surface area contributed by atoms with E-state index in [1.54, 1.807) is 6.07 Å². The molecule has 0 saturated carbocycles. The van der Waals surface area contributed by atoms with Crippen molar-refractivity contribution in [3.8, 4) is 0 Å². The first-order chi connectivity index (χ1) is 11.5. The van der Waals surface area contributed by atoms with Crippen LogP contribution in [0, 0.1) is 18.7 Å². The lowest BCUT2D eigenvalue weighted by atomic mass is 9.95. The summed E-state index contributed by atoms with van der Waals surface area (Å²) in [4.78, 5) is 14.7. The van der Waals surface area contributed by atoms with Crippen LogP contribution in [0.4, 0.5) is 10.1 Å². The predicted molar refractivity (Wildman–Crippen MR) is 89.2 cm³/mol. The van der Waals surface area contributed by atoms with Gasteiger partial charge in [0.25, 0.3) is 0 Å². The summed E-state index contributed by atoms with van der Waals surface area (Å²) in [5, 5.41) is 2.84. The van der Waals surface area contributed by atoms with Crippen LogP contribution in [-0.4, -0.2) is 49.4 Å². The summed E-state index contributed by atoms with van der Waals surface area (Å²) < 4.78 is 24.5. The number of benzene rings is 1. The Morgan fingerprint density at radius 1 is 1.29 bits per heavy atom. The molecule has 0 bridgehead atoms. The van der Waals surface area contributed by atoms with Crippen molar-refractivity contribution < 1.29 is 18.7 Å². The van der Waals surface area contributed by atoms with E-state index in [0.717, 1.165) is 31.5 Å². The zero-order valence-corrected chi connectivity index (χ0v) is 14.3. The average molecular weight is 336 g/mol. The lowest BCUT2D eigenvalue weighted by Crippen LogP contribution is -2.47. The molecule has 1 N–H and O–H groups in total. The third-order valence-corrected chi connectivity index (χ3v) is 4.99. The number of piperidine rings is 1. The van der Waals surface area contributed by atoms with E-state index in [4.69, 9.17) is 9.47 Å². The van der Waals surface area contributed by atoms with Crippen molar-refractivity contribution in [2.45, 2.75) is 39.0 Å². The van der Waals surface area contributed by atoms with Crippen molar-refractivity contribution in [2.24, 2.45) is 5.92 Å². The standard InChI is InChI=1S/C18H25FN2O3/c1-12-3-4-15(19)11-16(12)20-17(22)13(2)21-7-5-14(6-8-21)18-23-9-10-24-18/h3-4,11,13-14,18H,5-10H2,1-2H3,(H,20,22). The van der Waals surface area contributed by atoms with Crippen molar-refractivity contribution in [1.82, 2.24) is 4.90 Å². The Labute approximate surface area is 142 Å². The molecule has 1 aromatic carbocycles. The summed E-state index contributed by atoms with van der Waals surface area (Å²) in [5.41, 5.74) is 1.39. The van der Waals surface area contributed by atoms with E-state index in [1.165, 1.54) is 12.1 Å². The molecule has 2 aliphatic rings. The fraction of sp³-hybridized carbons (Fsp3) is 0.611. The summed E-state index contributed by atoms with van der Waals surface area (Å²) in [6.07, 6.45) is 1.84. The summed E-state index contributed by atoms with van der Waals surface area (Å²) in [6, 6.07) is 4.18. The second-order valence-corrected chi connectivity index (χ2v) is 6.61. The van der Waals surface area contributed by atoms with E-state index in [2.05, 4.69) is 10.2 Å². The third kappa shape index (κ3) is 3.94. The van der Waals surface area contributed by atoms with Crippen LogP contribution in [0.15, 0.2) is 18.2 Å². The molecule has 0 spiro atoms. The molecule has 0 aliphatic carbocycles. The molecule has 2 aliphatic heterocycles. The quantitative estimate of drug-likeness (QED) is 0.918. The fourth-order valence-corrected chi connectivity index (χ4v) is 3.36. The normalized spacial score (nSPS) is 21.8. The maximum absolute atomic E-state index is 13.4. The number of likely N-dealkylation sites (tertiary alicyclic amines) is 1. The van der Waals surface area contributed by atoms with E-state index >= 15 is 0 Å². The van der Waals surface area contributed by atoms with E-state index in [9.17, 15) is 9.18 Å². The van der Waals surface area contributed by atoms with Gasteiger partial charge in [-0.15, -0.1) is 0 Å². The Bertz CT molecular complexity index is 582. The molecule has 1 aromatic rings. The molecule has 3 rings (SSSR count). The van der Waals surface area contributed by atoms with Gasteiger partial charge >= 0.3 is 0 Å². The van der Waals surface area contributed by atoms with Crippen LogP contribution in [0.3, 0.4) is 0 Å². The second kappa shape index (κ2) is 7.59. The van der Waals surface area contributed by atoms with Gasteiger partial charge in [0.05, 0.1) is 19.3 Å². The fourth-order valence-electron chi connectivity index (χ4n) is 3.36. The van der Waals surface area contributed by atoms with E-state index in [0.29, 0.717) is 24.8 Å². The van der Waals surface area contributed by atoms with Crippen molar-refractivity contribution in [3.05, 3.63) is 29.6 Å². The number of nitrogens with one attached hydrogen (secondary N) is 1. The van der Waals surface area contributed by atoms with E-state index in [-0.39, 0.29) is 24.1 Å². The minimum absolute atomic E-state index is 0.0776. The van der Waals surface area contributed by atoms with Crippen LogP contribution in [0.5, 0.6) is 0 Å². The zero-order valence-electron chi connectivity index (χ0n) is 14.3. The highest BCUT2D eigenvalue weighted by Crippen LogP contribution is 2.27. The molecule has 2 saturated heterocycles. The molecule has 6 heteroatoms. The van der Waals surface area contributed by atoms with Gasteiger partial charge in [-0.05, 0) is 57.5 Å². The molecule has 1 unspecified atom stereocenters. The van der Waals surface area contributed by atoms with Gasteiger partial charge in [-0.25, -0.2) is 4.39 Å². The molecule has 0 aromatic heterocycles. The Morgan fingerprint density at radius 3 is 2.62 bits per heavy atom. The largest absolute Gasteiger partial charge is 0.350 e. The van der Waals surface area contributed by atoms with Crippen LogP contribution in [-0.2, 0) is 14.3 Å². The monoisotopic (exact) mass is 336 g/mol. The number of rotatable bonds is 4. The van der Waals surface area contributed by atoms with Gasteiger partial charge in [-0.3, -0.25) is 9.69 Å². The Balaban J connectivity index is 1.53. The lowest BCUT2D eigenvalue weighted by Gasteiger charge is -2.36. The maximum atomic E-state index is 13.4. The Hall–Kier alpha value is -1.50. The first kappa shape index (κ1) is 17.3. The number of carbonyl (C=O) groups excluding carboxylic acids is 1. The number of halogens is 1. The first-order valence-electron chi connectivity index (χ1n) is 8.59. The predicted octanol–water partition coefficient (Wildman–Crippen LogP) is 2.55. The lowest BCUT2D eigenvalue weighted by molar-refractivity contribution is -0.123. The van der Waals surface area contributed by atoms with Crippen molar-refractivity contribution >= 4 is 11.6 Å². The number of anilines is 1. The van der Waals surface area contributed by atoms with Gasteiger partial charge in [-0.2, -0.15) is 0 Å². The van der Waals surface area contributed by atoms with Crippen molar-refractivity contribution in [2.75, 3.05) is 31.6 Å². The van der Waals surface area contributed by atoms with Gasteiger partial charge in [0.2, 0.25) is 5.91 Å². The van der Waals surface area contributed by atoms with Crippen molar-refractivity contribution in [1.29, 1.82) is 0 Å². The molecule has 1 atom stereocenters. The molecule has 0 radical (unpaired) electrons. The molecular weight excluding hydrogens is 311 g/mol. The van der Waals surface area contributed by atoms with Gasteiger partial charge in [-0.1, -0.05) is 6.07 Å². The smallest absolute Gasteiger partial charge is 0.241 e. The SMILES string of the molecule is Cc1ccc(F)cc1NC(=O)C(C)N1CCC(C2OCCO2)CC1. The maximum Gasteiger partial charge on any atom is 0.241 e. The highest BCUT2D eigenvalue weighted by Gasteiger charge is 2.33. The molecule has 24 heavy (non-hydrogen) atoms. The number of amides is 1. The van der Waals surface area contributed by atoms with E-state index in [1.807, 2.05) is 13.8 Å². The second-order valence-electron chi connectivity index (χ2n) is 6.61. The number of hydrogen-bond acceptors (Lipinski definition) is 4. The number of carbonyl (C=O) groups is 1. The zero-order chi connectivity index (χ0) is 17.1. The van der Waals surface area contributed by atoms with Crippen LogP contribution in [0.1, 0.15) is 25.3 Å². The van der Waals surface area contributed by atoms with Crippen molar-refractivity contribution in [3.63, 3.8) is 0 Å². The van der Waals surface area contributed by atoms with Gasteiger partial charge in [0.1, 0.15) is 5.82 Å². The van der Waals surface area contributed by atoms with Crippen LogP contribution in [0.2, 0.25) is 0 Å². The number of aryl methyl sites for hydroxylation is 1. The van der Waals surface area contributed by atoms with Crippen LogP contribution < -0.4 is 5.32 Å². The van der Waals surface area contributed by atoms with Crippen LogP contribution in [0.25, 0.3) is 0 Å². The summed E-state index contributed by atoms with van der Waals surface area (Å²) >= 11 is 0. The van der Waals surface area contributed by atoms with Gasteiger partial charge in [0, 0.05) is 11.6 Å². The molecule has 2 fully saturated rings. The minimum Gasteiger partial charge on any atom is -0.350 e. The third-order valence-electron chi connectivity index (χ3n) is 4.99. The molecule has 2 heterocycles. The first-order valence-corrected chi connectivity index (χ1v) is 8.59. The highest BCUT2D eigenvalue weighted by molar-refractivity contribution is 5.95. The topological polar surface area (TPSA) is 50.8 Å². The van der Waals surface area contributed by atoms with Gasteiger partial charge < -0.3 is 14.8 Å².